The SMILES string of the molecule is CCN(CCN(C)c1ccccc1)Cc1c(OC)c(=O)n(-c2ccccc2)n1C. The van der Waals surface area contributed by atoms with Crippen LogP contribution in [-0.4, -0.2) is 48.1 Å². The normalized spacial score (nSPS) is 11.1. The minimum Gasteiger partial charge on any atom is -0.490 e. The van der Waals surface area contributed by atoms with Crippen molar-refractivity contribution in [3.05, 3.63) is 76.7 Å². The van der Waals surface area contributed by atoms with Crippen LogP contribution in [0.5, 0.6) is 5.75 Å². The monoisotopic (exact) mass is 394 g/mol. The highest BCUT2D eigenvalue weighted by Crippen LogP contribution is 2.19. The van der Waals surface area contributed by atoms with Crippen LogP contribution in [0.3, 0.4) is 0 Å². The van der Waals surface area contributed by atoms with Gasteiger partial charge in [-0.3, -0.25) is 14.4 Å². The highest BCUT2D eigenvalue weighted by molar-refractivity contribution is 5.45. The van der Waals surface area contributed by atoms with Gasteiger partial charge in [-0.1, -0.05) is 43.3 Å². The fourth-order valence-electron chi connectivity index (χ4n) is 3.53. The number of hydrogen-bond donors (Lipinski definition) is 0. The largest absolute Gasteiger partial charge is 0.490 e. The van der Waals surface area contributed by atoms with E-state index < -0.39 is 0 Å². The molecule has 6 heteroatoms. The second-order valence-electron chi connectivity index (χ2n) is 7.08. The lowest BCUT2D eigenvalue weighted by Gasteiger charge is -2.26. The first-order chi connectivity index (χ1) is 14.1. The molecule has 0 bridgehead atoms. The maximum absolute atomic E-state index is 13.0. The van der Waals surface area contributed by atoms with E-state index in [4.69, 9.17) is 4.74 Å². The molecule has 0 aliphatic heterocycles. The third-order valence-corrected chi connectivity index (χ3v) is 5.31. The Kier molecular flexibility index (Phi) is 6.77. The Hall–Kier alpha value is -2.99. The van der Waals surface area contributed by atoms with Gasteiger partial charge in [0.25, 0.3) is 0 Å². The van der Waals surface area contributed by atoms with Gasteiger partial charge in [0.05, 0.1) is 18.5 Å². The van der Waals surface area contributed by atoms with E-state index in [-0.39, 0.29) is 5.56 Å². The van der Waals surface area contributed by atoms with Crippen molar-refractivity contribution in [1.29, 1.82) is 0 Å². The lowest BCUT2D eigenvalue weighted by molar-refractivity contribution is 0.272. The van der Waals surface area contributed by atoms with E-state index in [1.807, 2.05) is 48.1 Å². The Bertz CT molecular complexity index is 964. The molecule has 0 N–H and O–H groups in total. The molecule has 1 heterocycles. The van der Waals surface area contributed by atoms with Crippen molar-refractivity contribution in [2.75, 3.05) is 38.7 Å². The van der Waals surface area contributed by atoms with Crippen LogP contribution in [0.25, 0.3) is 5.69 Å². The quantitative estimate of drug-likeness (QED) is 0.559. The lowest BCUT2D eigenvalue weighted by Crippen LogP contribution is -2.33. The number of methoxy groups -OCH3 is 1. The summed E-state index contributed by atoms with van der Waals surface area (Å²) in [6.45, 7) is 5.45. The van der Waals surface area contributed by atoms with Crippen molar-refractivity contribution in [1.82, 2.24) is 14.3 Å². The van der Waals surface area contributed by atoms with Crippen molar-refractivity contribution >= 4 is 5.69 Å². The van der Waals surface area contributed by atoms with Crippen molar-refractivity contribution in [2.24, 2.45) is 7.05 Å². The van der Waals surface area contributed by atoms with Gasteiger partial charge in [-0.05, 0) is 30.8 Å². The first kappa shape index (κ1) is 20.7. The molecule has 0 fully saturated rings. The molecular weight excluding hydrogens is 364 g/mol. The lowest BCUT2D eigenvalue weighted by atomic mass is 10.3. The van der Waals surface area contributed by atoms with Crippen LogP contribution in [0.1, 0.15) is 12.6 Å². The molecule has 0 unspecified atom stereocenters. The number of likely N-dealkylation sites (N-methyl/N-ethyl adjacent to an activating group) is 2. The third-order valence-electron chi connectivity index (χ3n) is 5.31. The standard InChI is InChI=1S/C23H30N4O2/c1-5-26(17-16-24(2)19-12-8-6-9-13-19)18-21-22(29-4)23(28)27(25(21)3)20-14-10-7-11-15-20/h6-15H,5,16-18H2,1-4H3. The summed E-state index contributed by atoms with van der Waals surface area (Å²) in [5.41, 5.74) is 2.78. The Balaban J connectivity index is 1.80. The maximum Gasteiger partial charge on any atom is 0.314 e. The van der Waals surface area contributed by atoms with E-state index >= 15 is 0 Å². The number of hydrogen-bond acceptors (Lipinski definition) is 4. The van der Waals surface area contributed by atoms with E-state index in [1.54, 1.807) is 11.8 Å². The summed E-state index contributed by atoms with van der Waals surface area (Å²) < 4.78 is 9.08. The second kappa shape index (κ2) is 9.47. The first-order valence-corrected chi connectivity index (χ1v) is 9.95. The van der Waals surface area contributed by atoms with Crippen LogP contribution in [0.15, 0.2) is 65.5 Å². The van der Waals surface area contributed by atoms with Crippen LogP contribution in [0.2, 0.25) is 0 Å². The average Bonchev–Trinajstić information content (AvgIpc) is 3.00. The van der Waals surface area contributed by atoms with E-state index in [0.29, 0.717) is 12.3 Å². The predicted octanol–water partition coefficient (Wildman–Crippen LogP) is 3.14. The van der Waals surface area contributed by atoms with Gasteiger partial charge < -0.3 is 9.64 Å². The molecule has 0 amide bonds. The number of rotatable bonds is 9. The topological polar surface area (TPSA) is 42.6 Å². The molecule has 1 aromatic heterocycles. The van der Waals surface area contributed by atoms with Crippen molar-refractivity contribution < 1.29 is 4.74 Å². The molecule has 0 spiro atoms. The number of para-hydroxylation sites is 2. The van der Waals surface area contributed by atoms with Crippen LogP contribution in [0.4, 0.5) is 5.69 Å². The second-order valence-corrected chi connectivity index (χ2v) is 7.08. The number of anilines is 1. The summed E-state index contributed by atoms with van der Waals surface area (Å²) in [6, 6.07) is 20.0. The van der Waals surface area contributed by atoms with Crippen molar-refractivity contribution in [3.63, 3.8) is 0 Å². The molecule has 29 heavy (non-hydrogen) atoms. The summed E-state index contributed by atoms with van der Waals surface area (Å²) in [6.07, 6.45) is 0. The Labute approximate surface area is 172 Å². The number of nitrogens with zero attached hydrogens (tertiary/aromatic N) is 4. The number of benzene rings is 2. The van der Waals surface area contributed by atoms with Gasteiger partial charge in [-0.2, -0.15) is 0 Å². The minimum absolute atomic E-state index is 0.131. The highest BCUT2D eigenvalue weighted by atomic mass is 16.5. The zero-order valence-corrected chi connectivity index (χ0v) is 17.7. The van der Waals surface area contributed by atoms with Gasteiger partial charge in [0, 0.05) is 39.4 Å². The van der Waals surface area contributed by atoms with Crippen LogP contribution >= 0.6 is 0 Å². The minimum atomic E-state index is -0.131. The number of ether oxygens (including phenoxy) is 1. The molecular formula is C23H30N4O2. The van der Waals surface area contributed by atoms with Gasteiger partial charge >= 0.3 is 5.56 Å². The zero-order valence-electron chi connectivity index (χ0n) is 17.7. The average molecular weight is 395 g/mol. The zero-order chi connectivity index (χ0) is 20.8. The van der Waals surface area contributed by atoms with Gasteiger partial charge in [-0.25, -0.2) is 4.68 Å². The molecule has 6 nitrogen and oxygen atoms in total. The number of aromatic nitrogens is 2. The molecule has 0 atom stereocenters. The predicted molar refractivity (Wildman–Crippen MR) is 118 cm³/mol. The van der Waals surface area contributed by atoms with Gasteiger partial charge in [-0.15, -0.1) is 0 Å². The summed E-state index contributed by atoms with van der Waals surface area (Å²) in [4.78, 5) is 17.5. The molecule has 0 radical (unpaired) electrons. The fraction of sp³-hybridized carbons (Fsp3) is 0.348. The summed E-state index contributed by atoms with van der Waals surface area (Å²) >= 11 is 0. The van der Waals surface area contributed by atoms with Crippen molar-refractivity contribution in [3.8, 4) is 11.4 Å². The van der Waals surface area contributed by atoms with E-state index in [0.717, 1.165) is 31.0 Å². The van der Waals surface area contributed by atoms with Gasteiger partial charge in [0.15, 0.2) is 0 Å². The van der Waals surface area contributed by atoms with E-state index in [9.17, 15) is 4.79 Å². The molecule has 3 aromatic rings. The highest BCUT2D eigenvalue weighted by Gasteiger charge is 2.21. The van der Waals surface area contributed by atoms with Crippen LogP contribution in [0, 0.1) is 0 Å². The van der Waals surface area contributed by atoms with E-state index in [2.05, 4.69) is 48.0 Å². The molecule has 154 valence electrons. The van der Waals surface area contributed by atoms with E-state index in [1.165, 1.54) is 5.69 Å². The molecule has 0 saturated heterocycles. The Morgan fingerprint density at radius 2 is 1.59 bits per heavy atom. The molecule has 2 aromatic carbocycles. The molecule has 3 rings (SSSR count). The third kappa shape index (κ3) is 4.54. The fourth-order valence-corrected chi connectivity index (χ4v) is 3.53. The van der Waals surface area contributed by atoms with Gasteiger partial charge in [0.1, 0.15) is 0 Å². The van der Waals surface area contributed by atoms with Gasteiger partial charge in [0.2, 0.25) is 5.75 Å². The Morgan fingerprint density at radius 1 is 0.966 bits per heavy atom. The smallest absolute Gasteiger partial charge is 0.314 e. The summed E-state index contributed by atoms with van der Waals surface area (Å²) in [7, 11) is 5.58. The van der Waals surface area contributed by atoms with Crippen LogP contribution in [-0.2, 0) is 13.6 Å². The summed E-state index contributed by atoms with van der Waals surface area (Å²) in [5, 5.41) is 0. The molecule has 0 saturated carbocycles. The summed E-state index contributed by atoms with van der Waals surface area (Å²) in [5.74, 6) is 0.409. The molecule has 0 aliphatic carbocycles. The van der Waals surface area contributed by atoms with Crippen molar-refractivity contribution in [2.45, 2.75) is 13.5 Å². The maximum atomic E-state index is 13.0. The Morgan fingerprint density at radius 3 is 2.17 bits per heavy atom. The first-order valence-electron chi connectivity index (χ1n) is 9.95. The van der Waals surface area contributed by atoms with Crippen LogP contribution < -0.4 is 15.2 Å². The molecule has 0 aliphatic rings.